The standard InChI is InChI=1S/C14H19NO2/c1-11(16)17-14(12-7-3-2-4-8-12)13-9-5-6-10-15-13/h2-4,7-8,13-15H,5-6,9-10H2,1H3/t13-,14-/m1/s1/i1D3. The lowest BCUT2D eigenvalue weighted by molar-refractivity contribution is -0.148. The van der Waals surface area contributed by atoms with Gasteiger partial charge in [-0.25, -0.2) is 0 Å². The van der Waals surface area contributed by atoms with Crippen molar-refractivity contribution in [1.82, 2.24) is 5.32 Å². The van der Waals surface area contributed by atoms with Gasteiger partial charge in [-0.1, -0.05) is 36.8 Å². The van der Waals surface area contributed by atoms with E-state index in [4.69, 9.17) is 8.85 Å². The molecule has 1 aliphatic heterocycles. The molecule has 0 unspecified atom stereocenters. The predicted octanol–water partition coefficient (Wildman–Crippen LogP) is 2.43. The molecule has 1 saturated heterocycles. The number of carbonyl (C=O) groups excluding carboxylic acids is 1. The first-order valence-corrected chi connectivity index (χ1v) is 5.98. The highest BCUT2D eigenvalue weighted by Gasteiger charge is 2.26. The zero-order chi connectivity index (χ0) is 14.6. The number of hydrogen-bond acceptors (Lipinski definition) is 3. The van der Waals surface area contributed by atoms with Crippen LogP contribution in [0.15, 0.2) is 30.3 Å². The third-order valence-electron chi connectivity index (χ3n) is 3.08. The van der Waals surface area contributed by atoms with Gasteiger partial charge in [-0.15, -0.1) is 0 Å². The molecule has 1 aromatic carbocycles. The van der Waals surface area contributed by atoms with Crippen molar-refractivity contribution in [1.29, 1.82) is 0 Å². The van der Waals surface area contributed by atoms with E-state index in [2.05, 4.69) is 5.32 Å². The lowest BCUT2D eigenvalue weighted by atomic mass is 9.95. The smallest absolute Gasteiger partial charge is 0.303 e. The molecule has 1 heterocycles. The van der Waals surface area contributed by atoms with Gasteiger partial charge in [0.15, 0.2) is 0 Å². The molecule has 0 radical (unpaired) electrons. The molecular weight excluding hydrogens is 214 g/mol. The lowest BCUT2D eigenvalue weighted by Crippen LogP contribution is -2.40. The molecule has 17 heavy (non-hydrogen) atoms. The molecule has 1 aliphatic rings. The molecule has 1 N–H and O–H groups in total. The fourth-order valence-corrected chi connectivity index (χ4v) is 2.28. The highest BCUT2D eigenvalue weighted by atomic mass is 16.5. The van der Waals surface area contributed by atoms with Crippen molar-refractivity contribution < 1.29 is 13.6 Å². The fourth-order valence-electron chi connectivity index (χ4n) is 2.28. The molecule has 0 bridgehead atoms. The quantitative estimate of drug-likeness (QED) is 0.819. The van der Waals surface area contributed by atoms with Gasteiger partial charge in [0.25, 0.3) is 0 Å². The number of carbonyl (C=O) groups is 1. The summed E-state index contributed by atoms with van der Waals surface area (Å²) >= 11 is 0. The summed E-state index contributed by atoms with van der Waals surface area (Å²) in [6.45, 7) is -1.86. The molecule has 92 valence electrons. The SMILES string of the molecule is [2H]C([2H])([2H])C(=O)O[C@H](c1ccccc1)[C@H]1CCCCN1. The molecule has 0 aromatic heterocycles. The number of rotatable bonds is 3. The van der Waals surface area contributed by atoms with Crippen LogP contribution in [0.25, 0.3) is 0 Å². The minimum atomic E-state index is -2.72. The van der Waals surface area contributed by atoms with E-state index >= 15 is 0 Å². The van der Waals surface area contributed by atoms with Crippen LogP contribution in [0.3, 0.4) is 0 Å². The highest BCUT2D eigenvalue weighted by Crippen LogP contribution is 2.26. The molecular formula is C14H19NO2. The van der Waals surface area contributed by atoms with Gasteiger partial charge in [0.05, 0.1) is 0 Å². The zero-order valence-electron chi connectivity index (χ0n) is 12.7. The summed E-state index contributed by atoms with van der Waals surface area (Å²) in [5, 5.41) is 3.31. The molecule has 2 rings (SSSR count). The first-order chi connectivity index (χ1) is 9.48. The molecule has 1 fully saturated rings. The monoisotopic (exact) mass is 236 g/mol. The average molecular weight is 236 g/mol. The Morgan fingerprint density at radius 2 is 2.29 bits per heavy atom. The van der Waals surface area contributed by atoms with Crippen molar-refractivity contribution in [2.75, 3.05) is 6.54 Å². The normalized spacial score (nSPS) is 25.2. The summed E-state index contributed by atoms with van der Waals surface area (Å²) in [6.07, 6.45) is 2.45. The van der Waals surface area contributed by atoms with Gasteiger partial charge in [0.1, 0.15) is 6.10 Å². The molecule has 3 heteroatoms. The van der Waals surface area contributed by atoms with E-state index in [9.17, 15) is 4.79 Å². The van der Waals surface area contributed by atoms with Crippen LogP contribution in [-0.2, 0) is 9.53 Å². The molecule has 1 aromatic rings. The van der Waals surface area contributed by atoms with Crippen molar-refractivity contribution in [2.24, 2.45) is 0 Å². The Hall–Kier alpha value is -1.35. The Morgan fingerprint density at radius 3 is 2.94 bits per heavy atom. The number of ether oxygens (including phenoxy) is 1. The number of hydrogen-bond donors (Lipinski definition) is 1. The summed E-state index contributed by atoms with van der Waals surface area (Å²) in [5.74, 6) is -1.14. The molecule has 3 nitrogen and oxygen atoms in total. The molecule has 2 atom stereocenters. The Kier molecular flexibility index (Phi) is 2.98. The van der Waals surface area contributed by atoms with E-state index in [0.29, 0.717) is 0 Å². The summed E-state index contributed by atoms with van der Waals surface area (Å²) < 4.78 is 26.7. The lowest BCUT2D eigenvalue weighted by Gasteiger charge is -2.31. The summed E-state index contributed by atoms with van der Waals surface area (Å²) in [6, 6.07) is 9.27. The number of benzene rings is 1. The Bertz CT molecular complexity index is 441. The molecule has 0 saturated carbocycles. The zero-order valence-corrected chi connectivity index (χ0v) is 9.69. The second-order valence-corrected chi connectivity index (χ2v) is 4.29. The van der Waals surface area contributed by atoms with Gasteiger partial charge in [0, 0.05) is 17.0 Å². The van der Waals surface area contributed by atoms with Crippen molar-refractivity contribution in [3.8, 4) is 0 Å². The van der Waals surface area contributed by atoms with Crippen LogP contribution in [0.1, 0.15) is 41.9 Å². The third kappa shape index (κ3) is 3.30. The van der Waals surface area contributed by atoms with E-state index < -0.39 is 18.9 Å². The van der Waals surface area contributed by atoms with Crippen molar-refractivity contribution in [3.63, 3.8) is 0 Å². The maximum Gasteiger partial charge on any atom is 0.303 e. The van der Waals surface area contributed by atoms with Gasteiger partial charge in [-0.3, -0.25) is 4.79 Å². The maximum atomic E-state index is 11.7. The van der Waals surface area contributed by atoms with E-state index in [1.807, 2.05) is 30.3 Å². The maximum absolute atomic E-state index is 11.7. The Labute approximate surface area is 106 Å². The Balaban J connectivity index is 2.18. The van der Waals surface area contributed by atoms with Gasteiger partial charge in [-0.2, -0.15) is 0 Å². The van der Waals surface area contributed by atoms with Crippen LogP contribution in [-0.4, -0.2) is 18.6 Å². The van der Waals surface area contributed by atoms with Gasteiger partial charge in [-0.05, 0) is 24.9 Å². The van der Waals surface area contributed by atoms with Crippen molar-refractivity contribution in [3.05, 3.63) is 35.9 Å². The minimum absolute atomic E-state index is 0.0301. The van der Waals surface area contributed by atoms with Crippen molar-refractivity contribution >= 4 is 5.97 Å². The van der Waals surface area contributed by atoms with Crippen LogP contribution in [0.4, 0.5) is 0 Å². The second kappa shape index (κ2) is 5.82. The fraction of sp³-hybridized carbons (Fsp3) is 0.500. The van der Waals surface area contributed by atoms with Crippen LogP contribution in [0.5, 0.6) is 0 Å². The first-order valence-electron chi connectivity index (χ1n) is 7.48. The largest absolute Gasteiger partial charge is 0.456 e. The van der Waals surface area contributed by atoms with Crippen LogP contribution < -0.4 is 5.32 Å². The first kappa shape index (κ1) is 8.70. The van der Waals surface area contributed by atoms with E-state index in [1.165, 1.54) is 0 Å². The predicted molar refractivity (Wildman–Crippen MR) is 66.6 cm³/mol. The third-order valence-corrected chi connectivity index (χ3v) is 3.08. The number of piperidine rings is 1. The summed E-state index contributed by atoms with van der Waals surface area (Å²) in [5.41, 5.74) is 0.824. The average Bonchev–Trinajstić information content (AvgIpc) is 2.45. The molecule has 0 spiro atoms. The molecule has 0 aliphatic carbocycles. The van der Waals surface area contributed by atoms with Gasteiger partial charge < -0.3 is 10.1 Å². The van der Waals surface area contributed by atoms with E-state index in [1.54, 1.807) is 0 Å². The van der Waals surface area contributed by atoms with Gasteiger partial charge >= 0.3 is 5.97 Å². The number of nitrogens with one attached hydrogen (secondary N) is 1. The number of esters is 1. The topological polar surface area (TPSA) is 38.3 Å². The highest BCUT2D eigenvalue weighted by molar-refractivity contribution is 5.66. The Morgan fingerprint density at radius 1 is 1.47 bits per heavy atom. The summed E-state index contributed by atoms with van der Waals surface area (Å²) in [4.78, 5) is 11.7. The second-order valence-electron chi connectivity index (χ2n) is 4.29. The van der Waals surface area contributed by atoms with Crippen LogP contribution in [0.2, 0.25) is 0 Å². The van der Waals surface area contributed by atoms with Crippen molar-refractivity contribution in [2.45, 2.75) is 38.3 Å². The van der Waals surface area contributed by atoms with Crippen LogP contribution in [0, 0.1) is 0 Å². The van der Waals surface area contributed by atoms with Crippen LogP contribution >= 0.6 is 0 Å². The molecule has 0 amide bonds. The minimum Gasteiger partial charge on any atom is -0.456 e. The van der Waals surface area contributed by atoms with Gasteiger partial charge in [0.2, 0.25) is 0 Å². The van der Waals surface area contributed by atoms with E-state index in [0.717, 1.165) is 31.4 Å². The summed E-state index contributed by atoms with van der Waals surface area (Å²) in [7, 11) is 0. The van der Waals surface area contributed by atoms with E-state index in [-0.39, 0.29) is 6.04 Å².